The highest BCUT2D eigenvalue weighted by Crippen LogP contribution is 2.37. The van der Waals surface area contributed by atoms with Crippen LogP contribution in [-0.2, 0) is 6.42 Å². The Morgan fingerprint density at radius 3 is 3.05 bits per heavy atom. The topological polar surface area (TPSA) is 32.3 Å². The summed E-state index contributed by atoms with van der Waals surface area (Å²) in [5.41, 5.74) is 3.40. The standard InChI is InChI=1S/C17H22N2O/c20-17(14-6-7-15-13(11-14)8-9-18-15)19-10-2-4-12-3-1-5-16(12)19/h6-7,11-12,16,18H,1-5,8-10H2. The fourth-order valence-electron chi connectivity index (χ4n) is 4.31. The third kappa shape index (κ3) is 1.91. The van der Waals surface area contributed by atoms with Gasteiger partial charge >= 0.3 is 0 Å². The zero-order valence-corrected chi connectivity index (χ0v) is 11.9. The minimum atomic E-state index is 0.260. The Labute approximate surface area is 120 Å². The molecule has 1 aromatic carbocycles. The average Bonchev–Trinajstić information content (AvgIpc) is 3.13. The van der Waals surface area contributed by atoms with E-state index >= 15 is 0 Å². The van der Waals surface area contributed by atoms with Crippen molar-refractivity contribution in [3.05, 3.63) is 29.3 Å². The van der Waals surface area contributed by atoms with E-state index in [1.54, 1.807) is 0 Å². The smallest absolute Gasteiger partial charge is 0.254 e. The molecule has 0 bridgehead atoms. The van der Waals surface area contributed by atoms with Crippen molar-refractivity contribution in [1.82, 2.24) is 4.90 Å². The number of fused-ring (bicyclic) bond motifs is 2. The number of carbonyl (C=O) groups excluding carboxylic acids is 1. The van der Waals surface area contributed by atoms with Crippen LogP contribution in [-0.4, -0.2) is 29.9 Å². The fraction of sp³-hybridized carbons (Fsp3) is 0.588. The molecule has 1 aromatic rings. The zero-order valence-electron chi connectivity index (χ0n) is 11.9. The number of hydrogen-bond donors (Lipinski definition) is 1. The van der Waals surface area contributed by atoms with Crippen molar-refractivity contribution in [2.24, 2.45) is 5.92 Å². The number of hydrogen-bond acceptors (Lipinski definition) is 2. The van der Waals surface area contributed by atoms with Crippen LogP contribution in [0.1, 0.15) is 48.0 Å². The van der Waals surface area contributed by atoms with E-state index in [2.05, 4.69) is 22.3 Å². The van der Waals surface area contributed by atoms with Crippen molar-refractivity contribution in [2.45, 2.75) is 44.6 Å². The van der Waals surface area contributed by atoms with Gasteiger partial charge in [0.05, 0.1) is 0 Å². The highest BCUT2D eigenvalue weighted by atomic mass is 16.2. The molecule has 2 atom stereocenters. The number of likely N-dealkylation sites (tertiary alicyclic amines) is 1. The SMILES string of the molecule is O=C(c1ccc2c(c1)CCN2)N1CCCC2CCCC21. The zero-order chi connectivity index (χ0) is 13.5. The molecule has 2 aliphatic heterocycles. The molecule has 20 heavy (non-hydrogen) atoms. The quantitative estimate of drug-likeness (QED) is 0.850. The van der Waals surface area contributed by atoms with Crippen molar-refractivity contribution in [2.75, 3.05) is 18.4 Å². The van der Waals surface area contributed by atoms with Gasteiger partial charge in [-0.25, -0.2) is 0 Å². The number of carbonyl (C=O) groups is 1. The van der Waals surface area contributed by atoms with Crippen molar-refractivity contribution in [3.8, 4) is 0 Å². The van der Waals surface area contributed by atoms with E-state index in [1.807, 2.05) is 6.07 Å². The molecule has 2 fully saturated rings. The van der Waals surface area contributed by atoms with Crippen LogP contribution in [0.15, 0.2) is 18.2 Å². The summed E-state index contributed by atoms with van der Waals surface area (Å²) in [6.45, 7) is 1.96. The summed E-state index contributed by atoms with van der Waals surface area (Å²) in [6, 6.07) is 6.70. The predicted octanol–water partition coefficient (Wildman–Crippen LogP) is 3.06. The van der Waals surface area contributed by atoms with Gasteiger partial charge in [0.2, 0.25) is 0 Å². The maximum atomic E-state index is 12.8. The minimum absolute atomic E-state index is 0.260. The summed E-state index contributed by atoms with van der Waals surface area (Å²) in [5, 5.41) is 3.36. The largest absolute Gasteiger partial charge is 0.384 e. The van der Waals surface area contributed by atoms with E-state index < -0.39 is 0 Å². The van der Waals surface area contributed by atoms with E-state index in [-0.39, 0.29) is 5.91 Å². The summed E-state index contributed by atoms with van der Waals surface area (Å²) in [5.74, 6) is 1.03. The lowest BCUT2D eigenvalue weighted by Crippen LogP contribution is -2.46. The normalized spacial score (nSPS) is 27.9. The van der Waals surface area contributed by atoms with E-state index in [1.165, 1.54) is 43.4 Å². The molecule has 0 radical (unpaired) electrons. The fourth-order valence-corrected chi connectivity index (χ4v) is 4.31. The Morgan fingerprint density at radius 2 is 2.10 bits per heavy atom. The van der Waals surface area contributed by atoms with Crippen LogP contribution >= 0.6 is 0 Å². The molecule has 4 rings (SSSR count). The van der Waals surface area contributed by atoms with Gasteiger partial charge in [-0.15, -0.1) is 0 Å². The summed E-state index contributed by atoms with van der Waals surface area (Å²) in [6.07, 6.45) is 7.38. The van der Waals surface area contributed by atoms with Gasteiger partial charge in [0.1, 0.15) is 0 Å². The Kier molecular flexibility index (Phi) is 2.94. The Bertz CT molecular complexity index is 540. The van der Waals surface area contributed by atoms with E-state index in [0.29, 0.717) is 6.04 Å². The first-order valence-electron chi connectivity index (χ1n) is 8.01. The monoisotopic (exact) mass is 270 g/mol. The molecule has 3 heteroatoms. The van der Waals surface area contributed by atoms with Crippen molar-refractivity contribution in [1.29, 1.82) is 0 Å². The first-order valence-corrected chi connectivity index (χ1v) is 8.01. The maximum absolute atomic E-state index is 12.8. The average molecular weight is 270 g/mol. The number of nitrogens with one attached hydrogen (secondary N) is 1. The van der Waals surface area contributed by atoms with Crippen LogP contribution in [0.4, 0.5) is 5.69 Å². The van der Waals surface area contributed by atoms with Gasteiger partial charge < -0.3 is 10.2 Å². The van der Waals surface area contributed by atoms with Gasteiger partial charge in [-0.1, -0.05) is 6.42 Å². The molecular weight excluding hydrogens is 248 g/mol. The van der Waals surface area contributed by atoms with E-state index in [4.69, 9.17) is 0 Å². The highest BCUT2D eigenvalue weighted by Gasteiger charge is 2.37. The lowest BCUT2D eigenvalue weighted by atomic mass is 9.91. The molecule has 106 valence electrons. The van der Waals surface area contributed by atoms with Crippen LogP contribution in [0.5, 0.6) is 0 Å². The maximum Gasteiger partial charge on any atom is 0.254 e. The van der Waals surface area contributed by atoms with Crippen molar-refractivity contribution >= 4 is 11.6 Å². The van der Waals surface area contributed by atoms with Crippen LogP contribution in [0.3, 0.4) is 0 Å². The number of piperidine rings is 1. The molecule has 1 N–H and O–H groups in total. The number of nitrogens with zero attached hydrogens (tertiary/aromatic N) is 1. The second-order valence-electron chi connectivity index (χ2n) is 6.45. The van der Waals surface area contributed by atoms with Crippen LogP contribution in [0.25, 0.3) is 0 Å². The first kappa shape index (κ1) is 12.2. The van der Waals surface area contributed by atoms with Crippen LogP contribution in [0, 0.1) is 5.92 Å². The number of amides is 1. The predicted molar refractivity (Wildman–Crippen MR) is 80.0 cm³/mol. The number of anilines is 1. The summed E-state index contributed by atoms with van der Waals surface area (Å²) in [7, 11) is 0. The molecule has 2 unspecified atom stereocenters. The lowest BCUT2D eigenvalue weighted by Gasteiger charge is -2.38. The molecule has 3 aliphatic rings. The highest BCUT2D eigenvalue weighted by molar-refractivity contribution is 5.95. The lowest BCUT2D eigenvalue weighted by molar-refractivity contribution is 0.0548. The van der Waals surface area contributed by atoms with Crippen LogP contribution in [0.2, 0.25) is 0 Å². The summed E-state index contributed by atoms with van der Waals surface area (Å²) in [4.78, 5) is 15.0. The molecule has 3 nitrogen and oxygen atoms in total. The molecule has 1 amide bonds. The van der Waals surface area contributed by atoms with Crippen molar-refractivity contribution in [3.63, 3.8) is 0 Å². The van der Waals surface area contributed by atoms with Gasteiger partial charge in [0, 0.05) is 30.4 Å². The van der Waals surface area contributed by atoms with Gasteiger partial charge in [-0.05, 0) is 61.8 Å². The number of benzene rings is 1. The molecule has 0 spiro atoms. The first-order chi connectivity index (χ1) is 9.83. The molecule has 1 saturated carbocycles. The minimum Gasteiger partial charge on any atom is -0.384 e. The second-order valence-corrected chi connectivity index (χ2v) is 6.45. The number of rotatable bonds is 1. The summed E-state index contributed by atoms with van der Waals surface area (Å²) >= 11 is 0. The second kappa shape index (κ2) is 4.80. The molecule has 0 aromatic heterocycles. The molecular formula is C17H22N2O. The molecule has 1 saturated heterocycles. The third-order valence-electron chi connectivity index (χ3n) is 5.32. The Balaban J connectivity index is 1.60. The van der Waals surface area contributed by atoms with E-state index in [0.717, 1.165) is 31.0 Å². The molecule has 2 heterocycles. The van der Waals surface area contributed by atoms with Gasteiger partial charge in [0.25, 0.3) is 5.91 Å². The van der Waals surface area contributed by atoms with Gasteiger partial charge in [0.15, 0.2) is 0 Å². The summed E-state index contributed by atoms with van der Waals surface area (Å²) < 4.78 is 0. The Hall–Kier alpha value is -1.51. The Morgan fingerprint density at radius 1 is 1.20 bits per heavy atom. The van der Waals surface area contributed by atoms with E-state index in [9.17, 15) is 4.79 Å². The van der Waals surface area contributed by atoms with Crippen molar-refractivity contribution < 1.29 is 4.79 Å². The van der Waals surface area contributed by atoms with Gasteiger partial charge in [-0.2, -0.15) is 0 Å². The van der Waals surface area contributed by atoms with Crippen LogP contribution < -0.4 is 5.32 Å². The third-order valence-corrected chi connectivity index (χ3v) is 5.32. The van der Waals surface area contributed by atoms with Gasteiger partial charge in [-0.3, -0.25) is 4.79 Å². The molecule has 1 aliphatic carbocycles.